The van der Waals surface area contributed by atoms with Crippen LogP contribution in [0, 0.1) is 5.92 Å². The third-order valence-electron chi connectivity index (χ3n) is 4.62. The fourth-order valence-corrected chi connectivity index (χ4v) is 3.72. The first-order valence-electron chi connectivity index (χ1n) is 10.9. The summed E-state index contributed by atoms with van der Waals surface area (Å²) in [5.74, 6) is 0.930. The summed E-state index contributed by atoms with van der Waals surface area (Å²) in [6, 6.07) is 7.34. The van der Waals surface area contributed by atoms with Crippen molar-refractivity contribution in [2.45, 2.75) is 36.7 Å². The molecule has 0 unspecified atom stereocenters. The third kappa shape index (κ3) is 7.61. The number of hydrogen-bond acceptors (Lipinski definition) is 10. The Morgan fingerprint density at radius 3 is 2.62 bits per heavy atom. The van der Waals surface area contributed by atoms with Gasteiger partial charge in [-0.2, -0.15) is 11.8 Å². The molecular formula is C22H29N7O3S2. The van der Waals surface area contributed by atoms with Crippen molar-refractivity contribution in [3.8, 4) is 0 Å². The lowest BCUT2D eigenvalue weighted by molar-refractivity contribution is -0.117. The minimum absolute atomic E-state index is 0.0260. The number of carbonyl (C=O) groups excluding carboxylic acids is 2. The number of benzene rings is 1. The summed E-state index contributed by atoms with van der Waals surface area (Å²) < 4.78 is 5.30. The number of nitrogens with zero attached hydrogens (tertiary/aromatic N) is 3. The van der Waals surface area contributed by atoms with Crippen LogP contribution in [0.4, 0.5) is 17.2 Å². The Kier molecular flexibility index (Phi) is 9.54. The van der Waals surface area contributed by atoms with Crippen LogP contribution in [0.25, 0.3) is 0 Å². The lowest BCUT2D eigenvalue weighted by Crippen LogP contribution is -2.35. The minimum atomic E-state index is -0.623. The summed E-state index contributed by atoms with van der Waals surface area (Å²) in [6.45, 7) is 4.64. The van der Waals surface area contributed by atoms with E-state index in [9.17, 15) is 9.59 Å². The van der Waals surface area contributed by atoms with Crippen LogP contribution in [0.15, 0.2) is 39.3 Å². The number of thioether (sulfide) groups is 1. The number of nitrogens with two attached hydrogens (primary N) is 1. The van der Waals surface area contributed by atoms with Gasteiger partial charge < -0.3 is 21.2 Å². The highest BCUT2D eigenvalue weighted by atomic mass is 32.2. The summed E-state index contributed by atoms with van der Waals surface area (Å²) in [5, 5.41) is 3.21. The van der Waals surface area contributed by atoms with Crippen molar-refractivity contribution in [2.75, 3.05) is 36.2 Å². The second-order valence-electron chi connectivity index (χ2n) is 7.46. The van der Waals surface area contributed by atoms with Crippen molar-refractivity contribution in [1.29, 1.82) is 0 Å². The summed E-state index contributed by atoms with van der Waals surface area (Å²) in [6.07, 6.45) is 3.83. The van der Waals surface area contributed by atoms with Crippen molar-refractivity contribution in [1.82, 2.24) is 20.8 Å². The molecule has 5 N–H and O–H groups in total. The van der Waals surface area contributed by atoms with Gasteiger partial charge in [0.15, 0.2) is 16.7 Å². The molecular weight excluding hydrogens is 474 g/mol. The van der Waals surface area contributed by atoms with E-state index in [-0.39, 0.29) is 35.6 Å². The number of anilines is 2. The Bertz CT molecular complexity index is 1040. The average Bonchev–Trinajstić information content (AvgIpc) is 3.67. The van der Waals surface area contributed by atoms with E-state index in [0.717, 1.165) is 23.4 Å². The van der Waals surface area contributed by atoms with Crippen molar-refractivity contribution < 1.29 is 14.3 Å². The van der Waals surface area contributed by atoms with Crippen molar-refractivity contribution in [3.05, 3.63) is 30.0 Å². The van der Waals surface area contributed by atoms with Crippen LogP contribution in [0.1, 0.15) is 37.2 Å². The van der Waals surface area contributed by atoms with Crippen LogP contribution in [0.3, 0.4) is 0 Å². The molecule has 10 nitrogen and oxygen atoms in total. The number of rotatable bonds is 11. The number of hydrazine groups is 1. The maximum atomic E-state index is 12.6. The Labute approximate surface area is 207 Å². The highest BCUT2D eigenvalue weighted by molar-refractivity contribution is 7.99. The molecule has 0 spiro atoms. The molecule has 182 valence electrons. The molecule has 1 aliphatic rings. The Morgan fingerprint density at radius 2 is 1.97 bits per heavy atom. The van der Waals surface area contributed by atoms with Crippen molar-refractivity contribution in [3.63, 3.8) is 0 Å². The van der Waals surface area contributed by atoms with E-state index in [2.05, 4.69) is 31.1 Å². The molecule has 0 atom stereocenters. The molecule has 1 amide bonds. The SMILES string of the molecule is CCNNC(C)=Nc1nc(Sc2ccc(NC(=O)C3CC3)cc2)nc(C(=O)OCCSC)c1N. The molecule has 0 aliphatic heterocycles. The number of aromatic nitrogens is 2. The van der Waals surface area contributed by atoms with E-state index in [1.54, 1.807) is 18.7 Å². The molecule has 0 bridgehead atoms. The quantitative estimate of drug-likeness (QED) is 0.0901. The summed E-state index contributed by atoms with van der Waals surface area (Å²) in [5.41, 5.74) is 12.8. The number of aliphatic imine (C=N–C) groups is 1. The molecule has 1 aromatic heterocycles. The van der Waals surface area contributed by atoms with E-state index in [4.69, 9.17) is 10.5 Å². The van der Waals surface area contributed by atoms with Gasteiger partial charge in [0, 0.05) is 28.8 Å². The van der Waals surface area contributed by atoms with Crippen LogP contribution in [0.2, 0.25) is 0 Å². The first kappa shape index (κ1) is 25.8. The Hall–Kier alpha value is -2.83. The highest BCUT2D eigenvalue weighted by Crippen LogP contribution is 2.33. The molecule has 1 heterocycles. The van der Waals surface area contributed by atoms with Crippen LogP contribution < -0.4 is 21.9 Å². The molecule has 2 aromatic rings. The van der Waals surface area contributed by atoms with Gasteiger partial charge in [-0.15, -0.1) is 0 Å². The van der Waals surface area contributed by atoms with E-state index >= 15 is 0 Å². The maximum Gasteiger partial charge on any atom is 0.359 e. The van der Waals surface area contributed by atoms with Gasteiger partial charge >= 0.3 is 5.97 Å². The normalized spacial score (nSPS) is 13.4. The first-order valence-corrected chi connectivity index (χ1v) is 13.1. The van der Waals surface area contributed by atoms with Gasteiger partial charge in [0.05, 0.1) is 0 Å². The van der Waals surface area contributed by atoms with Crippen LogP contribution >= 0.6 is 23.5 Å². The van der Waals surface area contributed by atoms with Crippen LogP contribution in [0.5, 0.6) is 0 Å². The number of carbonyl (C=O) groups is 2. The molecule has 3 rings (SSSR count). The molecule has 1 fully saturated rings. The minimum Gasteiger partial charge on any atom is -0.460 e. The monoisotopic (exact) mass is 503 g/mol. The second kappa shape index (κ2) is 12.6. The van der Waals surface area contributed by atoms with Crippen molar-refractivity contribution in [2.24, 2.45) is 10.9 Å². The number of amidine groups is 1. The number of hydrogen-bond donors (Lipinski definition) is 4. The zero-order chi connectivity index (χ0) is 24.5. The number of esters is 1. The zero-order valence-corrected chi connectivity index (χ0v) is 21.0. The highest BCUT2D eigenvalue weighted by Gasteiger charge is 2.29. The summed E-state index contributed by atoms with van der Waals surface area (Å²) in [7, 11) is 0. The van der Waals surface area contributed by atoms with Gasteiger partial charge in [-0.1, -0.05) is 6.92 Å². The third-order valence-corrected chi connectivity index (χ3v) is 6.07. The van der Waals surface area contributed by atoms with E-state index in [0.29, 0.717) is 23.3 Å². The van der Waals surface area contributed by atoms with Gasteiger partial charge in [-0.25, -0.2) is 25.2 Å². The number of ether oxygens (including phenoxy) is 1. The molecule has 12 heteroatoms. The van der Waals surface area contributed by atoms with Crippen LogP contribution in [-0.2, 0) is 9.53 Å². The standard InChI is InChI=1S/C22H29N7O3S2/c1-4-24-29-13(2)25-19-17(23)18(21(31)32-11-12-33-3)27-22(28-19)34-16-9-7-15(8-10-16)26-20(30)14-5-6-14/h7-10,14,24H,4-6,11-12,23H2,1-3H3,(H,26,30)(H,25,27,28,29). The van der Waals surface area contributed by atoms with Gasteiger partial charge in [0.25, 0.3) is 0 Å². The lowest BCUT2D eigenvalue weighted by atomic mass is 10.3. The summed E-state index contributed by atoms with van der Waals surface area (Å²) >= 11 is 2.82. The molecule has 1 aliphatic carbocycles. The smallest absolute Gasteiger partial charge is 0.359 e. The van der Waals surface area contributed by atoms with Gasteiger partial charge in [-0.3, -0.25) is 4.79 Å². The fourth-order valence-electron chi connectivity index (χ4n) is 2.71. The lowest BCUT2D eigenvalue weighted by Gasteiger charge is -2.11. The molecule has 0 saturated heterocycles. The van der Waals surface area contributed by atoms with E-state index in [1.807, 2.05) is 37.4 Å². The Balaban J connectivity index is 1.82. The van der Waals surface area contributed by atoms with E-state index in [1.165, 1.54) is 11.8 Å². The molecule has 34 heavy (non-hydrogen) atoms. The topological polar surface area (TPSA) is 144 Å². The fraction of sp³-hybridized carbons (Fsp3) is 0.409. The van der Waals surface area contributed by atoms with E-state index < -0.39 is 5.97 Å². The van der Waals surface area contributed by atoms with Crippen molar-refractivity contribution >= 4 is 58.4 Å². The van der Waals surface area contributed by atoms with Crippen LogP contribution in [-0.4, -0.2) is 52.8 Å². The molecule has 0 radical (unpaired) electrons. The largest absolute Gasteiger partial charge is 0.460 e. The maximum absolute atomic E-state index is 12.6. The van der Waals surface area contributed by atoms with Gasteiger partial charge in [0.1, 0.15) is 18.1 Å². The zero-order valence-electron chi connectivity index (χ0n) is 19.4. The second-order valence-corrected chi connectivity index (χ2v) is 9.49. The number of nitrogen functional groups attached to an aromatic ring is 1. The summed E-state index contributed by atoms with van der Waals surface area (Å²) in [4.78, 5) is 38.6. The Morgan fingerprint density at radius 1 is 1.24 bits per heavy atom. The predicted molar refractivity (Wildman–Crippen MR) is 137 cm³/mol. The molecule has 1 saturated carbocycles. The number of amides is 1. The van der Waals surface area contributed by atoms with Gasteiger partial charge in [0.2, 0.25) is 5.91 Å². The number of nitrogens with one attached hydrogen (secondary N) is 3. The van der Waals surface area contributed by atoms with Gasteiger partial charge in [-0.05, 0) is 62.0 Å². The molecule has 1 aromatic carbocycles. The predicted octanol–water partition coefficient (Wildman–Crippen LogP) is 3.24. The first-order chi connectivity index (χ1) is 16.4. The average molecular weight is 504 g/mol.